The van der Waals surface area contributed by atoms with Crippen molar-refractivity contribution in [1.29, 1.82) is 0 Å². The zero-order chi connectivity index (χ0) is 27.7. The summed E-state index contributed by atoms with van der Waals surface area (Å²) < 4.78 is 35.4. The molecule has 0 radical (unpaired) electrons. The Morgan fingerprint density at radius 3 is 2.35 bits per heavy atom. The van der Waals surface area contributed by atoms with E-state index in [9.17, 15) is 8.42 Å². The number of rotatable bonds is 9. The Hall–Kier alpha value is -4.15. The van der Waals surface area contributed by atoms with Crippen LogP contribution in [-0.2, 0) is 43.6 Å². The first kappa shape index (κ1) is 26.1. The average molecular weight is 556 g/mol. The molecule has 206 valence electrons. The zero-order valence-electron chi connectivity index (χ0n) is 22.7. The molecule has 9 nitrogen and oxygen atoms in total. The molecule has 0 N–H and O–H groups in total. The maximum atomic E-state index is 14.1. The highest BCUT2D eigenvalue weighted by Crippen LogP contribution is 2.35. The molecule has 0 amide bonds. The lowest BCUT2D eigenvalue weighted by atomic mass is 9.93. The Morgan fingerprint density at radius 2 is 1.65 bits per heavy atom. The lowest BCUT2D eigenvalue weighted by Crippen LogP contribution is -2.51. The molecule has 40 heavy (non-hydrogen) atoms. The van der Waals surface area contributed by atoms with Gasteiger partial charge in [-0.05, 0) is 47.4 Å². The van der Waals surface area contributed by atoms with Gasteiger partial charge in [0.05, 0.1) is 24.9 Å². The van der Waals surface area contributed by atoms with Gasteiger partial charge in [-0.3, -0.25) is 0 Å². The average Bonchev–Trinajstić information content (AvgIpc) is 3.72. The van der Waals surface area contributed by atoms with Crippen molar-refractivity contribution in [3.8, 4) is 11.1 Å². The fourth-order valence-corrected chi connectivity index (χ4v) is 7.08. The number of fused-ring (bicyclic) bond motifs is 1. The van der Waals surface area contributed by atoms with Gasteiger partial charge in [0, 0.05) is 70.2 Å². The van der Waals surface area contributed by atoms with Gasteiger partial charge in [-0.1, -0.05) is 36.4 Å². The number of imidazole rings is 2. The summed E-state index contributed by atoms with van der Waals surface area (Å²) in [6.07, 6.45) is 11.4. The molecule has 1 aliphatic heterocycles. The molecule has 4 heterocycles. The second kappa shape index (κ2) is 10.8. The van der Waals surface area contributed by atoms with Gasteiger partial charge >= 0.3 is 0 Å². The third-order valence-electron chi connectivity index (χ3n) is 7.43. The Balaban J connectivity index is 1.40. The van der Waals surface area contributed by atoms with Crippen LogP contribution >= 0.6 is 0 Å². The molecule has 5 aromatic rings. The van der Waals surface area contributed by atoms with Gasteiger partial charge in [0.25, 0.3) is 10.0 Å². The molecular weight excluding hydrogens is 522 g/mol. The highest BCUT2D eigenvalue weighted by molar-refractivity contribution is 7.89. The van der Waals surface area contributed by atoms with Crippen LogP contribution in [0.2, 0.25) is 0 Å². The van der Waals surface area contributed by atoms with Crippen LogP contribution in [0.1, 0.15) is 11.3 Å². The van der Waals surface area contributed by atoms with Crippen molar-refractivity contribution in [2.45, 2.75) is 30.6 Å². The van der Waals surface area contributed by atoms with Crippen LogP contribution < -0.4 is 4.90 Å². The van der Waals surface area contributed by atoms with E-state index in [1.54, 1.807) is 28.4 Å². The molecule has 1 unspecified atom stereocenters. The van der Waals surface area contributed by atoms with Crippen LogP contribution in [0.15, 0.2) is 103 Å². The van der Waals surface area contributed by atoms with Crippen molar-refractivity contribution in [1.82, 2.24) is 28.0 Å². The number of hydrogen-bond donors (Lipinski definition) is 0. The molecule has 6 rings (SSSR count). The summed E-state index contributed by atoms with van der Waals surface area (Å²) in [5.74, 6) is 0. The SMILES string of the molecule is Cn1cnc(CN2CC(N(CCn3cccc3)S(=O)(=O)c3cn(C)cn3)Cc3cc(-c4ccccc4)ccc32)c1. The minimum atomic E-state index is -3.85. The number of aryl methyl sites for hydroxylation is 2. The van der Waals surface area contributed by atoms with Crippen LogP contribution in [0.25, 0.3) is 11.1 Å². The molecule has 3 aromatic heterocycles. The summed E-state index contributed by atoms with van der Waals surface area (Å²) in [5, 5.41) is 0.0719. The zero-order valence-corrected chi connectivity index (χ0v) is 23.5. The van der Waals surface area contributed by atoms with E-state index in [2.05, 4.69) is 45.2 Å². The van der Waals surface area contributed by atoms with Crippen molar-refractivity contribution >= 4 is 15.7 Å². The van der Waals surface area contributed by atoms with Gasteiger partial charge in [0.2, 0.25) is 0 Å². The predicted octanol–water partition coefficient (Wildman–Crippen LogP) is 3.94. The highest BCUT2D eigenvalue weighted by Gasteiger charge is 2.37. The maximum Gasteiger partial charge on any atom is 0.262 e. The number of benzene rings is 2. The van der Waals surface area contributed by atoms with Crippen molar-refractivity contribution in [3.63, 3.8) is 0 Å². The van der Waals surface area contributed by atoms with Crippen molar-refractivity contribution in [3.05, 3.63) is 109 Å². The number of sulfonamides is 1. The van der Waals surface area contributed by atoms with Crippen LogP contribution in [-0.4, -0.2) is 55.5 Å². The standard InChI is InChI=1S/C30H33N7O2S/c1-33-18-27(31-22-33)19-36-20-28(17-26-16-25(10-11-29(26)36)24-8-4-3-5-9-24)37(15-14-35-12-6-7-13-35)40(38,39)30-21-34(2)23-32-30/h3-13,16,18,21-23,28H,14-15,17,19-20H2,1-2H3. The van der Waals surface area contributed by atoms with Crippen LogP contribution in [0.3, 0.4) is 0 Å². The Kier molecular flexibility index (Phi) is 7.03. The van der Waals surface area contributed by atoms with Gasteiger partial charge in [-0.25, -0.2) is 18.4 Å². The van der Waals surface area contributed by atoms with Crippen LogP contribution in [0.5, 0.6) is 0 Å². The summed E-state index contributed by atoms with van der Waals surface area (Å²) in [6.45, 7) is 2.02. The van der Waals surface area contributed by atoms with Crippen LogP contribution in [0, 0.1) is 0 Å². The fraction of sp³-hybridized carbons (Fsp3) is 0.267. The summed E-state index contributed by atoms with van der Waals surface area (Å²) in [6, 6.07) is 20.4. The van der Waals surface area contributed by atoms with Gasteiger partial charge in [-0.15, -0.1) is 0 Å². The number of aromatic nitrogens is 5. The predicted molar refractivity (Wildman–Crippen MR) is 155 cm³/mol. The molecule has 0 spiro atoms. The number of nitrogens with zero attached hydrogens (tertiary/aromatic N) is 7. The fourth-order valence-electron chi connectivity index (χ4n) is 5.50. The molecule has 0 saturated carbocycles. The first-order chi connectivity index (χ1) is 19.4. The van der Waals surface area contributed by atoms with E-state index in [0.29, 0.717) is 32.6 Å². The van der Waals surface area contributed by atoms with E-state index in [1.807, 2.05) is 65.1 Å². The molecule has 0 fully saturated rings. The minimum Gasteiger partial charge on any atom is -0.364 e. The first-order valence-electron chi connectivity index (χ1n) is 13.4. The van der Waals surface area contributed by atoms with E-state index in [-0.39, 0.29) is 11.1 Å². The molecular formula is C30H33N7O2S. The Morgan fingerprint density at radius 1 is 0.900 bits per heavy atom. The normalized spacial score (nSPS) is 15.5. The summed E-state index contributed by atoms with van der Waals surface area (Å²) in [5.41, 5.74) is 5.42. The summed E-state index contributed by atoms with van der Waals surface area (Å²) in [7, 11) is -0.108. The third-order valence-corrected chi connectivity index (χ3v) is 9.27. The molecule has 1 atom stereocenters. The molecule has 0 bridgehead atoms. The van der Waals surface area contributed by atoms with E-state index in [1.165, 1.54) is 6.33 Å². The van der Waals surface area contributed by atoms with E-state index < -0.39 is 10.0 Å². The second-order valence-corrected chi connectivity index (χ2v) is 12.2. The summed E-state index contributed by atoms with van der Waals surface area (Å²) in [4.78, 5) is 11.1. The smallest absolute Gasteiger partial charge is 0.262 e. The molecule has 0 aliphatic carbocycles. The van der Waals surface area contributed by atoms with Gasteiger partial charge < -0.3 is 18.6 Å². The quantitative estimate of drug-likeness (QED) is 0.275. The number of anilines is 1. The van der Waals surface area contributed by atoms with Crippen molar-refractivity contribution < 1.29 is 8.42 Å². The van der Waals surface area contributed by atoms with Crippen molar-refractivity contribution in [2.24, 2.45) is 14.1 Å². The lowest BCUT2D eigenvalue weighted by Gasteiger charge is -2.40. The van der Waals surface area contributed by atoms with Gasteiger partial charge in [0.15, 0.2) is 5.03 Å². The Labute approximate surface area is 235 Å². The van der Waals surface area contributed by atoms with E-state index in [4.69, 9.17) is 0 Å². The lowest BCUT2D eigenvalue weighted by molar-refractivity contribution is 0.298. The van der Waals surface area contributed by atoms with Gasteiger partial charge in [0.1, 0.15) is 0 Å². The molecule has 0 saturated heterocycles. The summed E-state index contributed by atoms with van der Waals surface area (Å²) >= 11 is 0. The monoisotopic (exact) mass is 555 g/mol. The highest BCUT2D eigenvalue weighted by atomic mass is 32.2. The molecule has 10 heteroatoms. The molecule has 2 aromatic carbocycles. The number of hydrogen-bond acceptors (Lipinski definition) is 5. The van der Waals surface area contributed by atoms with Crippen molar-refractivity contribution in [2.75, 3.05) is 18.0 Å². The topological polar surface area (TPSA) is 81.2 Å². The third kappa shape index (κ3) is 5.32. The van der Waals surface area contributed by atoms with Gasteiger partial charge in [-0.2, -0.15) is 4.31 Å². The Bertz CT molecular complexity index is 1690. The van der Waals surface area contributed by atoms with E-state index in [0.717, 1.165) is 28.1 Å². The first-order valence-corrected chi connectivity index (χ1v) is 14.8. The molecule has 1 aliphatic rings. The van der Waals surface area contributed by atoms with E-state index >= 15 is 0 Å². The minimum absolute atomic E-state index is 0.0719. The maximum absolute atomic E-state index is 14.1. The second-order valence-electron chi connectivity index (χ2n) is 10.4. The van der Waals surface area contributed by atoms with Crippen LogP contribution in [0.4, 0.5) is 5.69 Å². The largest absolute Gasteiger partial charge is 0.364 e.